The van der Waals surface area contributed by atoms with Gasteiger partial charge in [-0.2, -0.15) is 0 Å². The molecule has 0 saturated heterocycles. The van der Waals surface area contributed by atoms with Crippen molar-refractivity contribution in [3.8, 4) is 11.1 Å². The van der Waals surface area contributed by atoms with Crippen molar-refractivity contribution in [1.82, 2.24) is 0 Å². The van der Waals surface area contributed by atoms with Crippen LogP contribution in [0.3, 0.4) is 0 Å². The van der Waals surface area contributed by atoms with Crippen molar-refractivity contribution >= 4 is 11.7 Å². The van der Waals surface area contributed by atoms with Crippen molar-refractivity contribution in [2.45, 2.75) is 19.8 Å². The minimum Gasteiger partial charge on any atom is -0.481 e. The second kappa shape index (κ2) is 7.41. The molecule has 0 aliphatic carbocycles. The van der Waals surface area contributed by atoms with Crippen molar-refractivity contribution in [2.75, 3.05) is 0 Å². The van der Waals surface area contributed by atoms with E-state index in [1.165, 1.54) is 0 Å². The van der Waals surface area contributed by atoms with Gasteiger partial charge in [-0.3, -0.25) is 4.79 Å². The fourth-order valence-corrected chi connectivity index (χ4v) is 2.27. The zero-order valence-corrected chi connectivity index (χ0v) is 12.4. The third-order valence-corrected chi connectivity index (χ3v) is 3.57. The summed E-state index contributed by atoms with van der Waals surface area (Å²) in [5, 5.41) is 21.2. The van der Waals surface area contributed by atoms with E-state index in [-0.39, 0.29) is 6.42 Å². The van der Waals surface area contributed by atoms with Crippen LogP contribution in [0.1, 0.15) is 18.9 Å². The van der Waals surface area contributed by atoms with Crippen molar-refractivity contribution in [3.63, 3.8) is 0 Å². The minimum atomic E-state index is -0.888. The van der Waals surface area contributed by atoms with E-state index in [9.17, 15) is 4.79 Å². The fraction of sp³-hybridized carbons (Fsp3) is 0.222. The highest BCUT2D eigenvalue weighted by Crippen LogP contribution is 2.20. The van der Waals surface area contributed by atoms with Crippen LogP contribution in [0.2, 0.25) is 0 Å². The molecule has 2 rings (SSSR count). The van der Waals surface area contributed by atoms with E-state index < -0.39 is 11.9 Å². The van der Waals surface area contributed by atoms with Gasteiger partial charge in [0, 0.05) is 12.8 Å². The Kier molecular flexibility index (Phi) is 5.31. The van der Waals surface area contributed by atoms with Crippen LogP contribution in [0.25, 0.3) is 11.1 Å². The second-order valence-corrected chi connectivity index (χ2v) is 5.35. The second-order valence-electron chi connectivity index (χ2n) is 5.35. The number of carboxylic acids is 1. The Bertz CT molecular complexity index is 648. The van der Waals surface area contributed by atoms with Gasteiger partial charge in [0.2, 0.25) is 0 Å². The highest BCUT2D eigenvalue weighted by Gasteiger charge is 2.15. The normalized spacial score (nSPS) is 12.9. The van der Waals surface area contributed by atoms with Crippen LogP contribution in [0.15, 0.2) is 59.8 Å². The average molecular weight is 297 g/mol. The number of rotatable bonds is 6. The van der Waals surface area contributed by atoms with Gasteiger partial charge in [0.1, 0.15) is 0 Å². The molecule has 0 aliphatic rings. The van der Waals surface area contributed by atoms with Crippen molar-refractivity contribution in [2.24, 2.45) is 11.1 Å². The van der Waals surface area contributed by atoms with Gasteiger partial charge in [-0.1, -0.05) is 66.7 Å². The summed E-state index contributed by atoms with van der Waals surface area (Å²) < 4.78 is 0. The van der Waals surface area contributed by atoms with E-state index in [4.69, 9.17) is 10.3 Å². The highest BCUT2D eigenvalue weighted by molar-refractivity contribution is 5.89. The van der Waals surface area contributed by atoms with Gasteiger partial charge in [-0.25, -0.2) is 0 Å². The molecule has 0 aliphatic heterocycles. The van der Waals surface area contributed by atoms with Crippen LogP contribution in [-0.2, 0) is 11.2 Å². The van der Waals surface area contributed by atoms with Crippen molar-refractivity contribution < 1.29 is 15.1 Å². The highest BCUT2D eigenvalue weighted by atomic mass is 16.4. The Hall–Kier alpha value is -2.62. The summed E-state index contributed by atoms with van der Waals surface area (Å²) in [6.45, 7) is 1.60. The number of oxime groups is 1. The Balaban J connectivity index is 2.06. The van der Waals surface area contributed by atoms with Gasteiger partial charge in [0.25, 0.3) is 0 Å². The lowest BCUT2D eigenvalue weighted by atomic mass is 9.97. The van der Waals surface area contributed by atoms with Crippen LogP contribution < -0.4 is 0 Å². The van der Waals surface area contributed by atoms with E-state index in [0.29, 0.717) is 12.1 Å². The summed E-state index contributed by atoms with van der Waals surface area (Å²) in [4.78, 5) is 10.9. The van der Waals surface area contributed by atoms with Gasteiger partial charge in [0.05, 0.1) is 11.6 Å². The number of aliphatic carboxylic acids is 1. The summed E-state index contributed by atoms with van der Waals surface area (Å²) in [5.41, 5.74) is 3.72. The Morgan fingerprint density at radius 2 is 1.64 bits per heavy atom. The molecular formula is C18H19NO3. The number of benzene rings is 2. The largest absolute Gasteiger partial charge is 0.481 e. The molecule has 2 aromatic rings. The molecule has 22 heavy (non-hydrogen) atoms. The topological polar surface area (TPSA) is 69.9 Å². The van der Waals surface area contributed by atoms with Gasteiger partial charge < -0.3 is 10.3 Å². The molecule has 0 unspecified atom stereocenters. The van der Waals surface area contributed by atoms with Crippen LogP contribution in [-0.4, -0.2) is 22.0 Å². The van der Waals surface area contributed by atoms with Crippen molar-refractivity contribution in [3.05, 3.63) is 60.2 Å². The van der Waals surface area contributed by atoms with E-state index in [2.05, 4.69) is 5.16 Å². The summed E-state index contributed by atoms with van der Waals surface area (Å²) in [5.74, 6) is -1.45. The maximum absolute atomic E-state index is 10.9. The lowest BCUT2D eigenvalue weighted by molar-refractivity contribution is -0.140. The number of hydrogen-bond acceptors (Lipinski definition) is 3. The number of carboxylic acid groups (broad SMARTS) is 1. The van der Waals surface area contributed by atoms with Gasteiger partial charge in [-0.05, 0) is 16.7 Å². The molecule has 0 saturated carbocycles. The lowest BCUT2D eigenvalue weighted by Crippen LogP contribution is -2.16. The van der Waals surface area contributed by atoms with Crippen LogP contribution in [0.5, 0.6) is 0 Å². The van der Waals surface area contributed by atoms with E-state index in [1.54, 1.807) is 6.92 Å². The molecule has 0 fully saturated rings. The zero-order chi connectivity index (χ0) is 15.9. The van der Waals surface area contributed by atoms with E-state index in [0.717, 1.165) is 16.7 Å². The monoisotopic (exact) mass is 297 g/mol. The van der Waals surface area contributed by atoms with E-state index >= 15 is 0 Å². The summed E-state index contributed by atoms with van der Waals surface area (Å²) >= 11 is 0. The molecule has 4 nitrogen and oxygen atoms in total. The molecule has 0 heterocycles. The maximum Gasteiger partial charge on any atom is 0.306 e. The van der Waals surface area contributed by atoms with Crippen LogP contribution >= 0.6 is 0 Å². The standard InChI is InChI=1S/C18H19NO3/c1-13(18(20)21)11-17(19-22)12-14-7-9-16(10-8-14)15-5-3-2-4-6-15/h2-10,13,22H,11-12H2,1H3,(H,20,21)/t13-/m1/s1. The molecule has 4 heteroatoms. The Morgan fingerprint density at radius 1 is 1.05 bits per heavy atom. The molecule has 0 spiro atoms. The minimum absolute atomic E-state index is 0.242. The summed E-state index contributed by atoms with van der Waals surface area (Å²) in [7, 11) is 0. The molecule has 0 radical (unpaired) electrons. The molecular weight excluding hydrogens is 278 g/mol. The SMILES string of the molecule is C[C@H](CC(Cc1ccc(-c2ccccc2)cc1)=NO)C(=O)O. The first-order valence-electron chi connectivity index (χ1n) is 7.17. The number of hydrogen-bond donors (Lipinski definition) is 2. The first kappa shape index (κ1) is 15.8. The predicted molar refractivity (Wildman–Crippen MR) is 86.2 cm³/mol. The zero-order valence-electron chi connectivity index (χ0n) is 12.4. The molecule has 1 atom stereocenters. The Morgan fingerprint density at radius 3 is 2.18 bits per heavy atom. The van der Waals surface area contributed by atoms with E-state index in [1.807, 2.05) is 54.6 Å². The average Bonchev–Trinajstić information content (AvgIpc) is 2.55. The van der Waals surface area contributed by atoms with Gasteiger partial charge >= 0.3 is 5.97 Å². The summed E-state index contributed by atoms with van der Waals surface area (Å²) in [6.07, 6.45) is 0.690. The molecule has 0 amide bonds. The molecule has 0 bridgehead atoms. The fourth-order valence-electron chi connectivity index (χ4n) is 2.27. The van der Waals surface area contributed by atoms with Gasteiger partial charge in [0.15, 0.2) is 0 Å². The summed E-state index contributed by atoms with van der Waals surface area (Å²) in [6, 6.07) is 18.0. The number of carbonyl (C=O) groups is 1. The molecule has 2 aromatic carbocycles. The maximum atomic E-state index is 10.9. The Labute approximate surface area is 129 Å². The van der Waals surface area contributed by atoms with Crippen LogP contribution in [0, 0.1) is 5.92 Å². The molecule has 2 N–H and O–H groups in total. The third kappa shape index (κ3) is 4.19. The lowest BCUT2D eigenvalue weighted by Gasteiger charge is -2.09. The first-order chi connectivity index (χ1) is 10.6. The first-order valence-corrected chi connectivity index (χ1v) is 7.17. The van der Waals surface area contributed by atoms with Crippen molar-refractivity contribution in [1.29, 1.82) is 0 Å². The van der Waals surface area contributed by atoms with Crippen LogP contribution in [0.4, 0.5) is 0 Å². The molecule has 114 valence electrons. The smallest absolute Gasteiger partial charge is 0.306 e. The quantitative estimate of drug-likeness (QED) is 0.483. The van der Waals surface area contributed by atoms with Gasteiger partial charge in [-0.15, -0.1) is 0 Å². The predicted octanol–water partition coefficient (Wildman–Crippen LogP) is 3.84. The number of nitrogens with zero attached hydrogens (tertiary/aromatic N) is 1. The third-order valence-electron chi connectivity index (χ3n) is 3.57. The molecule has 0 aromatic heterocycles.